The summed E-state index contributed by atoms with van der Waals surface area (Å²) < 4.78 is 0. The Morgan fingerprint density at radius 2 is 1.29 bits per heavy atom. The summed E-state index contributed by atoms with van der Waals surface area (Å²) in [6, 6.07) is 6.57. The van der Waals surface area contributed by atoms with Gasteiger partial charge in [0.2, 0.25) is 0 Å². The van der Waals surface area contributed by atoms with Gasteiger partial charge in [-0.3, -0.25) is 0 Å². The molecular weight excluding hydrogens is 468 g/mol. The van der Waals surface area contributed by atoms with Crippen molar-refractivity contribution >= 4 is 23.0 Å². The molecule has 1 saturated heterocycles. The Balaban J connectivity index is 1.28. The van der Waals surface area contributed by atoms with E-state index in [0.717, 1.165) is 50.8 Å². The first-order chi connectivity index (χ1) is 18.6. The molecule has 0 amide bonds. The fraction of sp³-hybridized carbons (Fsp3) is 0.688. The number of aromatic nitrogens is 2. The molecule has 2 heterocycles. The Morgan fingerprint density at radius 3 is 1.89 bits per heavy atom. The number of nitrogen functional groups attached to an aromatic ring is 1. The summed E-state index contributed by atoms with van der Waals surface area (Å²) in [5, 5.41) is 3.47. The monoisotopic (exact) mass is 522 g/mol. The fourth-order valence-electron chi connectivity index (χ4n) is 5.54. The predicted octanol–water partition coefficient (Wildman–Crippen LogP) is 7.90. The van der Waals surface area contributed by atoms with Gasteiger partial charge in [0.1, 0.15) is 12.0 Å². The molecule has 38 heavy (non-hydrogen) atoms. The van der Waals surface area contributed by atoms with Gasteiger partial charge in [0.15, 0.2) is 11.6 Å². The zero-order valence-electron chi connectivity index (χ0n) is 24.6. The Morgan fingerprint density at radius 1 is 0.737 bits per heavy atom. The van der Waals surface area contributed by atoms with Gasteiger partial charge >= 0.3 is 0 Å². The van der Waals surface area contributed by atoms with Crippen molar-refractivity contribution in [2.75, 3.05) is 53.6 Å². The Kier molecular flexibility index (Phi) is 13.6. The van der Waals surface area contributed by atoms with Crippen LogP contribution < -0.4 is 20.9 Å². The van der Waals surface area contributed by atoms with Crippen LogP contribution >= 0.6 is 0 Å². The Bertz CT molecular complexity index is 922. The second-order valence-electron chi connectivity index (χ2n) is 11.2. The van der Waals surface area contributed by atoms with Crippen molar-refractivity contribution in [3.8, 4) is 0 Å². The quantitative estimate of drug-likeness (QED) is 0.194. The summed E-state index contributed by atoms with van der Waals surface area (Å²) in [6.07, 6.45) is 20.9. The summed E-state index contributed by atoms with van der Waals surface area (Å²) >= 11 is 0. The van der Waals surface area contributed by atoms with Crippen LogP contribution in [0.1, 0.15) is 108 Å². The molecule has 0 atom stereocenters. The number of hydrogen-bond acceptors (Lipinski definition) is 6. The number of rotatable bonds is 18. The van der Waals surface area contributed by atoms with E-state index >= 15 is 0 Å². The number of anilines is 4. The average molecular weight is 523 g/mol. The average Bonchev–Trinajstić information content (AvgIpc) is 2.93. The number of nitrogens with zero attached hydrogens (tertiary/aromatic N) is 4. The van der Waals surface area contributed by atoms with E-state index in [2.05, 4.69) is 64.1 Å². The lowest BCUT2D eigenvalue weighted by molar-refractivity contribution is 0.537. The molecule has 0 saturated carbocycles. The highest BCUT2D eigenvalue weighted by Gasteiger charge is 2.22. The summed E-state index contributed by atoms with van der Waals surface area (Å²) in [6.45, 7) is 11.4. The van der Waals surface area contributed by atoms with Crippen LogP contribution in [-0.4, -0.2) is 42.7 Å². The van der Waals surface area contributed by atoms with E-state index in [4.69, 9.17) is 5.73 Å². The Hall–Kier alpha value is -2.50. The lowest BCUT2D eigenvalue weighted by Gasteiger charge is -2.38. The van der Waals surface area contributed by atoms with Crippen molar-refractivity contribution < 1.29 is 0 Å². The first-order valence-electron chi connectivity index (χ1n) is 15.5. The number of aryl methyl sites for hydroxylation is 1. The molecule has 1 aromatic carbocycles. The van der Waals surface area contributed by atoms with Crippen LogP contribution in [0.2, 0.25) is 0 Å². The van der Waals surface area contributed by atoms with Crippen molar-refractivity contribution in [1.82, 2.24) is 9.97 Å². The van der Waals surface area contributed by atoms with E-state index in [-0.39, 0.29) is 0 Å². The van der Waals surface area contributed by atoms with Crippen LogP contribution in [0, 0.1) is 13.8 Å². The highest BCUT2D eigenvalue weighted by Crippen LogP contribution is 2.29. The summed E-state index contributed by atoms with van der Waals surface area (Å²) in [7, 11) is 0. The topological polar surface area (TPSA) is 70.3 Å². The van der Waals surface area contributed by atoms with Crippen molar-refractivity contribution in [3.05, 3.63) is 35.7 Å². The molecule has 0 unspecified atom stereocenters. The smallest absolute Gasteiger partial charge is 0.157 e. The van der Waals surface area contributed by atoms with E-state index < -0.39 is 0 Å². The number of benzene rings is 1. The molecule has 0 aliphatic carbocycles. The summed E-state index contributed by atoms with van der Waals surface area (Å²) in [5.74, 6) is 1.64. The van der Waals surface area contributed by atoms with Gasteiger partial charge in [-0.05, 0) is 37.5 Å². The van der Waals surface area contributed by atoms with Gasteiger partial charge in [0.05, 0.1) is 0 Å². The van der Waals surface area contributed by atoms with E-state index in [9.17, 15) is 0 Å². The molecule has 2 aromatic rings. The number of nitrogens with one attached hydrogen (secondary N) is 1. The number of hydrogen-bond donors (Lipinski definition) is 2. The number of unbranched alkanes of at least 4 members (excludes halogenated alkanes) is 13. The maximum absolute atomic E-state index is 6.52. The first-order valence-corrected chi connectivity index (χ1v) is 15.5. The zero-order chi connectivity index (χ0) is 27.0. The third-order valence-corrected chi connectivity index (χ3v) is 8.18. The molecule has 0 spiro atoms. The van der Waals surface area contributed by atoms with Gasteiger partial charge in [-0.25, -0.2) is 9.97 Å². The van der Waals surface area contributed by atoms with Crippen LogP contribution in [0.3, 0.4) is 0 Å². The van der Waals surface area contributed by atoms with Gasteiger partial charge in [-0.1, -0.05) is 103 Å². The van der Waals surface area contributed by atoms with Crippen LogP contribution in [0.5, 0.6) is 0 Å². The molecular formula is C32H54N6. The maximum Gasteiger partial charge on any atom is 0.157 e. The minimum absolute atomic E-state index is 0.679. The van der Waals surface area contributed by atoms with Crippen LogP contribution in [0.4, 0.5) is 23.0 Å². The second kappa shape index (κ2) is 17.2. The second-order valence-corrected chi connectivity index (χ2v) is 11.2. The molecule has 3 rings (SSSR count). The standard InChI is InChI=1S/C32H54N6/c1-4-5-6-7-8-9-10-11-12-13-14-15-16-17-21-34-31-30(33)32(36-26-35-31)38-24-22-37(23-25-38)29-20-18-19-27(2)28(29)3/h18-20,26H,4-17,21-25,33H2,1-3H3,(H,34,35,36). The van der Waals surface area contributed by atoms with Gasteiger partial charge in [0.25, 0.3) is 0 Å². The molecule has 1 fully saturated rings. The third kappa shape index (κ3) is 9.67. The van der Waals surface area contributed by atoms with E-state index in [1.165, 1.54) is 100 Å². The molecule has 1 aromatic heterocycles. The van der Waals surface area contributed by atoms with Gasteiger partial charge < -0.3 is 20.9 Å². The normalized spacial score (nSPS) is 13.8. The van der Waals surface area contributed by atoms with Gasteiger partial charge in [-0.2, -0.15) is 0 Å². The molecule has 212 valence electrons. The molecule has 1 aliphatic heterocycles. The minimum Gasteiger partial charge on any atom is -0.393 e. The molecule has 6 nitrogen and oxygen atoms in total. The number of piperazine rings is 1. The highest BCUT2D eigenvalue weighted by atomic mass is 15.3. The van der Waals surface area contributed by atoms with Crippen LogP contribution in [0.15, 0.2) is 24.5 Å². The molecule has 6 heteroatoms. The van der Waals surface area contributed by atoms with E-state index in [1.54, 1.807) is 6.33 Å². The van der Waals surface area contributed by atoms with E-state index in [1.807, 2.05) is 0 Å². The first kappa shape index (κ1) is 30.0. The zero-order valence-corrected chi connectivity index (χ0v) is 24.6. The molecule has 0 radical (unpaired) electrons. The molecule has 0 bridgehead atoms. The third-order valence-electron chi connectivity index (χ3n) is 8.18. The fourth-order valence-corrected chi connectivity index (χ4v) is 5.54. The molecule has 3 N–H and O–H groups in total. The summed E-state index contributed by atoms with van der Waals surface area (Å²) in [4.78, 5) is 13.8. The SMILES string of the molecule is CCCCCCCCCCCCCCCCNc1ncnc(N2CCN(c3cccc(C)c3C)CC2)c1N. The highest BCUT2D eigenvalue weighted by molar-refractivity contribution is 5.75. The van der Waals surface area contributed by atoms with Gasteiger partial charge in [-0.15, -0.1) is 0 Å². The lowest BCUT2D eigenvalue weighted by atomic mass is 10.0. The molecule has 1 aliphatic rings. The van der Waals surface area contributed by atoms with Crippen LogP contribution in [-0.2, 0) is 0 Å². The number of nitrogens with two attached hydrogens (primary N) is 1. The van der Waals surface area contributed by atoms with Gasteiger partial charge in [0, 0.05) is 38.4 Å². The van der Waals surface area contributed by atoms with Crippen molar-refractivity contribution in [2.45, 2.75) is 111 Å². The summed E-state index contributed by atoms with van der Waals surface area (Å²) in [5.41, 5.74) is 11.3. The largest absolute Gasteiger partial charge is 0.393 e. The van der Waals surface area contributed by atoms with Crippen molar-refractivity contribution in [2.24, 2.45) is 0 Å². The lowest BCUT2D eigenvalue weighted by Crippen LogP contribution is -2.47. The maximum atomic E-state index is 6.52. The Labute approximate surface area is 232 Å². The van der Waals surface area contributed by atoms with Crippen molar-refractivity contribution in [3.63, 3.8) is 0 Å². The van der Waals surface area contributed by atoms with Crippen LogP contribution in [0.25, 0.3) is 0 Å². The van der Waals surface area contributed by atoms with E-state index in [0.29, 0.717) is 5.69 Å². The van der Waals surface area contributed by atoms with Crippen molar-refractivity contribution in [1.29, 1.82) is 0 Å². The minimum atomic E-state index is 0.679. The predicted molar refractivity (Wildman–Crippen MR) is 166 cm³/mol.